The molecule has 0 saturated heterocycles. The maximum Gasteiger partial charge on any atom is 0.101 e. The minimum Gasteiger partial charge on any atom is -0.309 e. The molecule has 3 heteroatoms. The van der Waals surface area contributed by atoms with Gasteiger partial charge in [0.2, 0.25) is 0 Å². The molecule has 0 bridgehead atoms. The summed E-state index contributed by atoms with van der Waals surface area (Å²) >= 11 is 0. The van der Waals surface area contributed by atoms with Gasteiger partial charge < -0.3 is 4.90 Å². The van der Waals surface area contributed by atoms with Gasteiger partial charge >= 0.3 is 0 Å². The van der Waals surface area contributed by atoms with Crippen LogP contribution in [-0.4, -0.2) is 9.61 Å². The van der Waals surface area contributed by atoms with Crippen molar-refractivity contribution in [2.45, 2.75) is 19.3 Å². The summed E-state index contributed by atoms with van der Waals surface area (Å²) in [7, 11) is 0. The van der Waals surface area contributed by atoms with E-state index < -0.39 is 0 Å². The summed E-state index contributed by atoms with van der Waals surface area (Å²) in [4.78, 5) is 2.49. The van der Waals surface area contributed by atoms with Crippen LogP contribution in [0.2, 0.25) is 0 Å². The van der Waals surface area contributed by atoms with E-state index in [1.54, 1.807) is 0 Å². The van der Waals surface area contributed by atoms with Crippen LogP contribution < -0.4 is 4.90 Å². The number of pyridine rings is 1. The molecule has 0 radical (unpaired) electrons. The fraction of sp³-hybridized carbons (Fsp3) is 0.0556. The second kappa shape index (κ2) is 12.9. The SMILES string of the molecule is CC1(C)c2ccccc2-c2ccc(N(c3cccc4ccccc34)c3cccc4c3cc(-c3ccccc3)n3nc(-c5ccccc5)c(-c5ccccc5)c43)cc21. The number of nitrogens with zero attached hydrogens (tertiary/aromatic N) is 3. The first-order valence-corrected chi connectivity index (χ1v) is 19.7. The topological polar surface area (TPSA) is 20.5 Å². The van der Waals surface area contributed by atoms with Gasteiger partial charge in [-0.3, -0.25) is 0 Å². The fourth-order valence-corrected chi connectivity index (χ4v) is 9.28. The lowest BCUT2D eigenvalue weighted by Crippen LogP contribution is -2.17. The Balaban J connectivity index is 1.27. The molecule has 0 spiro atoms. The molecule has 2 aromatic heterocycles. The van der Waals surface area contributed by atoms with Crippen molar-refractivity contribution in [2.24, 2.45) is 0 Å². The second-order valence-electron chi connectivity index (χ2n) is 15.6. The summed E-state index contributed by atoms with van der Waals surface area (Å²) in [6, 6.07) is 72.6. The highest BCUT2D eigenvalue weighted by Crippen LogP contribution is 2.52. The predicted molar refractivity (Wildman–Crippen MR) is 239 cm³/mol. The first kappa shape index (κ1) is 33.1. The molecule has 0 N–H and O–H groups in total. The van der Waals surface area contributed by atoms with Crippen molar-refractivity contribution in [3.8, 4) is 44.8 Å². The molecule has 0 atom stereocenters. The van der Waals surface area contributed by atoms with Crippen molar-refractivity contribution < 1.29 is 0 Å². The Bertz CT molecular complexity index is 3140. The van der Waals surface area contributed by atoms with E-state index in [1.165, 1.54) is 33.0 Å². The molecule has 3 nitrogen and oxygen atoms in total. The van der Waals surface area contributed by atoms with E-state index in [1.807, 2.05) is 0 Å². The summed E-state index contributed by atoms with van der Waals surface area (Å²) < 4.78 is 2.18. The number of hydrogen-bond acceptors (Lipinski definition) is 2. The molecule has 270 valence electrons. The van der Waals surface area contributed by atoms with Gasteiger partial charge in [-0.05, 0) is 63.5 Å². The average Bonchev–Trinajstić information content (AvgIpc) is 3.78. The van der Waals surface area contributed by atoms with Gasteiger partial charge in [-0.15, -0.1) is 0 Å². The molecule has 57 heavy (non-hydrogen) atoms. The quantitative estimate of drug-likeness (QED) is 0.170. The molecule has 1 aliphatic rings. The number of benzene rings is 8. The number of fused-ring (bicyclic) bond motifs is 7. The van der Waals surface area contributed by atoms with Crippen LogP contribution in [0.3, 0.4) is 0 Å². The van der Waals surface area contributed by atoms with Gasteiger partial charge in [-0.1, -0.05) is 184 Å². The molecular formula is C54H39N3. The maximum atomic E-state index is 5.50. The van der Waals surface area contributed by atoms with Crippen LogP contribution in [0.5, 0.6) is 0 Å². The summed E-state index contributed by atoms with van der Waals surface area (Å²) in [6.45, 7) is 4.72. The largest absolute Gasteiger partial charge is 0.309 e. The summed E-state index contributed by atoms with van der Waals surface area (Å²) in [5, 5.41) is 10.2. The number of aromatic nitrogens is 2. The molecule has 0 amide bonds. The van der Waals surface area contributed by atoms with Crippen molar-refractivity contribution in [3.63, 3.8) is 0 Å². The van der Waals surface area contributed by atoms with E-state index in [9.17, 15) is 0 Å². The Labute approximate surface area is 332 Å². The third kappa shape index (κ3) is 5.16. The third-order valence-electron chi connectivity index (χ3n) is 12.0. The van der Waals surface area contributed by atoms with E-state index in [0.29, 0.717) is 0 Å². The Kier molecular flexibility index (Phi) is 7.52. The van der Waals surface area contributed by atoms with Gasteiger partial charge in [0.25, 0.3) is 0 Å². The molecule has 0 saturated carbocycles. The van der Waals surface area contributed by atoms with Gasteiger partial charge in [-0.25, -0.2) is 4.52 Å². The van der Waals surface area contributed by atoms with Crippen LogP contribution in [0.25, 0.3) is 71.8 Å². The molecule has 1 aliphatic carbocycles. The lowest BCUT2D eigenvalue weighted by molar-refractivity contribution is 0.660. The smallest absolute Gasteiger partial charge is 0.101 e. The van der Waals surface area contributed by atoms with E-state index >= 15 is 0 Å². The minimum absolute atomic E-state index is 0.145. The van der Waals surface area contributed by atoms with Crippen molar-refractivity contribution in [3.05, 3.63) is 211 Å². The van der Waals surface area contributed by atoms with E-state index in [2.05, 4.69) is 223 Å². The van der Waals surface area contributed by atoms with E-state index in [0.717, 1.165) is 67.0 Å². The van der Waals surface area contributed by atoms with E-state index in [-0.39, 0.29) is 5.41 Å². The van der Waals surface area contributed by atoms with Gasteiger partial charge in [0.1, 0.15) is 5.69 Å². The molecule has 8 aromatic carbocycles. The first-order chi connectivity index (χ1) is 28.1. The van der Waals surface area contributed by atoms with Gasteiger partial charge in [0, 0.05) is 44.0 Å². The monoisotopic (exact) mass is 729 g/mol. The minimum atomic E-state index is -0.145. The van der Waals surface area contributed by atoms with Crippen molar-refractivity contribution in [2.75, 3.05) is 4.90 Å². The average molecular weight is 730 g/mol. The maximum absolute atomic E-state index is 5.50. The molecule has 0 unspecified atom stereocenters. The van der Waals surface area contributed by atoms with Crippen LogP contribution in [0, 0.1) is 0 Å². The summed E-state index contributed by atoms with van der Waals surface area (Å²) in [6.07, 6.45) is 0. The van der Waals surface area contributed by atoms with Crippen LogP contribution in [0.15, 0.2) is 200 Å². The molecule has 10 aromatic rings. The Morgan fingerprint density at radius 1 is 0.456 bits per heavy atom. The Morgan fingerprint density at radius 3 is 1.81 bits per heavy atom. The number of anilines is 3. The number of rotatable bonds is 6. The third-order valence-corrected chi connectivity index (χ3v) is 12.0. The van der Waals surface area contributed by atoms with Crippen molar-refractivity contribution in [1.82, 2.24) is 9.61 Å². The van der Waals surface area contributed by atoms with Crippen LogP contribution in [0.4, 0.5) is 17.1 Å². The normalized spacial score (nSPS) is 12.9. The summed E-state index contributed by atoms with van der Waals surface area (Å²) in [5.74, 6) is 0. The van der Waals surface area contributed by atoms with Gasteiger partial charge in [0.05, 0.1) is 22.6 Å². The highest BCUT2D eigenvalue weighted by atomic mass is 15.2. The molecular weight excluding hydrogens is 691 g/mol. The predicted octanol–water partition coefficient (Wildman–Crippen LogP) is 14.4. The standard InChI is InChI=1S/C54H39N3/c1-54(2)46-29-15-14-27-42(46)43-33-32-40(34-47(43)54)56(48-30-16-25-36-18-12-13-26-41(36)48)49-31-17-28-44-45(49)35-50(37-19-6-3-7-20-37)57-53(44)51(38-21-8-4-9-22-38)52(55-57)39-23-10-5-11-24-39/h3-35H,1-2H3. The van der Waals surface area contributed by atoms with Crippen LogP contribution in [-0.2, 0) is 5.41 Å². The molecule has 11 rings (SSSR count). The zero-order valence-corrected chi connectivity index (χ0v) is 31.9. The highest BCUT2D eigenvalue weighted by molar-refractivity contribution is 6.14. The number of hydrogen-bond donors (Lipinski definition) is 0. The fourth-order valence-electron chi connectivity index (χ4n) is 9.28. The zero-order chi connectivity index (χ0) is 38.1. The van der Waals surface area contributed by atoms with E-state index in [4.69, 9.17) is 5.10 Å². The lowest BCUT2D eigenvalue weighted by Gasteiger charge is -2.30. The molecule has 0 fully saturated rings. The zero-order valence-electron chi connectivity index (χ0n) is 31.9. The molecule has 0 aliphatic heterocycles. The van der Waals surface area contributed by atoms with Gasteiger partial charge in [0.15, 0.2) is 0 Å². The first-order valence-electron chi connectivity index (χ1n) is 19.7. The van der Waals surface area contributed by atoms with Gasteiger partial charge in [-0.2, -0.15) is 5.10 Å². The summed E-state index contributed by atoms with van der Waals surface area (Å²) in [5.41, 5.74) is 16.1. The van der Waals surface area contributed by atoms with Crippen LogP contribution >= 0.6 is 0 Å². The molecule has 2 heterocycles. The Morgan fingerprint density at radius 2 is 1.04 bits per heavy atom. The van der Waals surface area contributed by atoms with Crippen molar-refractivity contribution >= 4 is 44.1 Å². The second-order valence-corrected chi connectivity index (χ2v) is 15.6. The highest BCUT2D eigenvalue weighted by Gasteiger charge is 2.36. The lowest BCUT2D eigenvalue weighted by atomic mass is 9.82. The Hall–Kier alpha value is -7.23. The van der Waals surface area contributed by atoms with Crippen LogP contribution in [0.1, 0.15) is 25.0 Å². The van der Waals surface area contributed by atoms with Crippen molar-refractivity contribution in [1.29, 1.82) is 0 Å².